The molecule has 12 rings (SSSR count). The summed E-state index contributed by atoms with van der Waals surface area (Å²) in [6.45, 7) is 0. The SMILES string of the molecule is C1=Cc2sc3c(-c4cccc(N(c5ccccc5-c5cccc6cccc(-c7ccccc7)c56)c5cccc6c5c5ccccc5n6-c5ccccc5)c4)cccc3c2CC1. The Hall–Kier alpha value is -7.46. The smallest absolute Gasteiger partial charge is 0.0562 e. The normalized spacial score (nSPS) is 12.4. The lowest BCUT2D eigenvalue weighted by Gasteiger charge is -2.29. The van der Waals surface area contributed by atoms with Crippen molar-refractivity contribution in [3.8, 4) is 39.1 Å². The first-order valence-electron chi connectivity index (χ1n) is 21.2. The van der Waals surface area contributed by atoms with Crippen molar-refractivity contribution in [2.45, 2.75) is 12.8 Å². The van der Waals surface area contributed by atoms with Gasteiger partial charge >= 0.3 is 0 Å². The number of para-hydroxylation sites is 3. The first-order chi connectivity index (χ1) is 30.3. The van der Waals surface area contributed by atoms with E-state index < -0.39 is 0 Å². The van der Waals surface area contributed by atoms with E-state index >= 15 is 0 Å². The monoisotopic (exact) mass is 796 g/mol. The largest absolute Gasteiger partial charge is 0.309 e. The number of nitrogens with zero attached hydrogens (tertiary/aromatic N) is 2. The van der Waals surface area contributed by atoms with Crippen LogP contribution in [0.1, 0.15) is 16.9 Å². The molecule has 0 saturated carbocycles. The van der Waals surface area contributed by atoms with E-state index in [9.17, 15) is 0 Å². The summed E-state index contributed by atoms with van der Waals surface area (Å²) in [5.41, 5.74) is 15.6. The lowest BCUT2D eigenvalue weighted by molar-refractivity contribution is 1.01. The highest BCUT2D eigenvalue weighted by molar-refractivity contribution is 7.20. The molecule has 2 aromatic heterocycles. The van der Waals surface area contributed by atoms with Crippen LogP contribution in [0.25, 0.3) is 87.8 Å². The average molecular weight is 797 g/mol. The summed E-state index contributed by atoms with van der Waals surface area (Å²) in [5, 5.41) is 6.28. The van der Waals surface area contributed by atoms with Gasteiger partial charge in [-0.15, -0.1) is 11.3 Å². The number of hydrogen-bond acceptors (Lipinski definition) is 2. The molecule has 0 amide bonds. The first kappa shape index (κ1) is 35.5. The second kappa shape index (κ2) is 14.7. The van der Waals surface area contributed by atoms with Crippen molar-refractivity contribution in [2.24, 2.45) is 0 Å². The minimum absolute atomic E-state index is 1.10. The van der Waals surface area contributed by atoms with Gasteiger partial charge in [0.1, 0.15) is 0 Å². The molecule has 0 saturated heterocycles. The maximum atomic E-state index is 2.52. The molecule has 0 bridgehead atoms. The minimum atomic E-state index is 1.10. The molecule has 1 aliphatic carbocycles. The summed E-state index contributed by atoms with van der Waals surface area (Å²) < 4.78 is 3.78. The van der Waals surface area contributed by atoms with Crippen molar-refractivity contribution >= 4 is 77.1 Å². The molecular formula is C58H40N2S. The van der Waals surface area contributed by atoms with Crippen LogP contribution in [-0.2, 0) is 6.42 Å². The highest BCUT2D eigenvalue weighted by Gasteiger charge is 2.25. The molecule has 0 aliphatic heterocycles. The van der Waals surface area contributed by atoms with Crippen molar-refractivity contribution in [1.29, 1.82) is 0 Å². The second-order valence-corrected chi connectivity index (χ2v) is 17.0. The van der Waals surface area contributed by atoms with Gasteiger partial charge in [-0.3, -0.25) is 0 Å². The average Bonchev–Trinajstić information content (AvgIpc) is 3.89. The third-order valence-corrected chi connectivity index (χ3v) is 13.7. The molecule has 9 aromatic carbocycles. The lowest BCUT2D eigenvalue weighted by atomic mass is 9.90. The van der Waals surface area contributed by atoms with E-state index in [0.717, 1.165) is 35.6 Å². The van der Waals surface area contributed by atoms with Gasteiger partial charge in [-0.1, -0.05) is 164 Å². The Balaban J connectivity index is 1.15. The van der Waals surface area contributed by atoms with Crippen LogP contribution < -0.4 is 4.90 Å². The zero-order valence-corrected chi connectivity index (χ0v) is 34.3. The number of aryl methyl sites for hydroxylation is 1. The highest BCUT2D eigenvalue weighted by atomic mass is 32.1. The van der Waals surface area contributed by atoms with E-state index in [1.807, 2.05) is 11.3 Å². The van der Waals surface area contributed by atoms with Crippen molar-refractivity contribution in [3.63, 3.8) is 0 Å². The van der Waals surface area contributed by atoms with Crippen LogP contribution in [0.3, 0.4) is 0 Å². The summed E-state index contributed by atoms with van der Waals surface area (Å²) in [6.07, 6.45) is 6.84. The molecule has 0 radical (unpaired) electrons. The van der Waals surface area contributed by atoms with E-state index in [-0.39, 0.29) is 0 Å². The molecule has 2 heterocycles. The zero-order valence-electron chi connectivity index (χ0n) is 33.5. The van der Waals surface area contributed by atoms with Crippen LogP contribution in [0.5, 0.6) is 0 Å². The van der Waals surface area contributed by atoms with Gasteiger partial charge in [-0.25, -0.2) is 0 Å². The number of fused-ring (bicyclic) bond motifs is 7. The van der Waals surface area contributed by atoms with E-state index in [4.69, 9.17) is 0 Å². The third-order valence-electron chi connectivity index (χ3n) is 12.5. The molecule has 0 fully saturated rings. The molecule has 61 heavy (non-hydrogen) atoms. The maximum absolute atomic E-state index is 2.52. The van der Waals surface area contributed by atoms with Crippen LogP contribution in [0, 0.1) is 0 Å². The van der Waals surface area contributed by atoms with Crippen LogP contribution in [0.15, 0.2) is 212 Å². The van der Waals surface area contributed by atoms with Crippen LogP contribution in [0.4, 0.5) is 17.1 Å². The fraction of sp³-hybridized carbons (Fsp3) is 0.0345. The Morgan fingerprint density at radius 2 is 1.10 bits per heavy atom. The van der Waals surface area contributed by atoms with Gasteiger partial charge in [0.05, 0.1) is 22.4 Å². The molecule has 288 valence electrons. The Bertz CT molecular complexity index is 3480. The molecule has 3 heteroatoms. The predicted molar refractivity (Wildman–Crippen MR) is 262 cm³/mol. The van der Waals surface area contributed by atoms with Crippen molar-refractivity contribution in [1.82, 2.24) is 4.57 Å². The third kappa shape index (κ3) is 5.84. The fourth-order valence-corrected chi connectivity index (χ4v) is 11.1. The maximum Gasteiger partial charge on any atom is 0.0562 e. The number of aromatic nitrogens is 1. The Labute approximate surface area is 359 Å². The van der Waals surface area contributed by atoms with Gasteiger partial charge in [-0.2, -0.15) is 0 Å². The number of allylic oxidation sites excluding steroid dienone is 1. The first-order valence-corrected chi connectivity index (χ1v) is 22.0. The topological polar surface area (TPSA) is 8.17 Å². The molecule has 2 nitrogen and oxygen atoms in total. The summed E-state index contributed by atoms with van der Waals surface area (Å²) in [6, 6.07) is 75.8. The van der Waals surface area contributed by atoms with Gasteiger partial charge in [0.2, 0.25) is 0 Å². The van der Waals surface area contributed by atoms with E-state index in [2.05, 4.69) is 228 Å². The molecule has 1 aliphatic rings. The highest BCUT2D eigenvalue weighted by Crippen LogP contribution is 2.49. The molecule has 0 N–H and O–H groups in total. The van der Waals surface area contributed by atoms with E-state index in [1.165, 1.54) is 86.5 Å². The van der Waals surface area contributed by atoms with Gasteiger partial charge in [0, 0.05) is 37.3 Å². The molecular weight excluding hydrogens is 757 g/mol. The van der Waals surface area contributed by atoms with Gasteiger partial charge < -0.3 is 9.47 Å². The number of thiophene rings is 1. The van der Waals surface area contributed by atoms with E-state index in [0.29, 0.717) is 0 Å². The van der Waals surface area contributed by atoms with Crippen LogP contribution >= 0.6 is 11.3 Å². The standard InChI is InChI=1S/C58H40N2S/c1-3-18-39(19-4-1)44-29-14-20-40-21-15-31-48(56(40)44)46-26-7-10-33-51(46)60(43-25-13-22-41(38-43)45-30-16-32-49-47-27-9-12-37-55(47)61-58(45)49)54-36-17-35-53-57(54)50-28-8-11-34-52(50)59(53)42-23-5-2-6-24-42/h1-8,10-26,28-38H,9,27H2. The second-order valence-electron chi connectivity index (χ2n) is 15.9. The zero-order chi connectivity index (χ0) is 40.3. The molecule has 11 aromatic rings. The van der Waals surface area contributed by atoms with Crippen LogP contribution in [-0.4, -0.2) is 4.57 Å². The quantitative estimate of drug-likeness (QED) is 0.156. The molecule has 0 atom stereocenters. The number of benzene rings is 9. The lowest BCUT2D eigenvalue weighted by Crippen LogP contribution is -2.12. The van der Waals surface area contributed by atoms with Gasteiger partial charge in [-0.05, 0) is 117 Å². The minimum Gasteiger partial charge on any atom is -0.309 e. The summed E-state index contributed by atoms with van der Waals surface area (Å²) >= 11 is 1.93. The van der Waals surface area contributed by atoms with Crippen molar-refractivity contribution in [2.75, 3.05) is 4.90 Å². The summed E-state index contributed by atoms with van der Waals surface area (Å²) in [7, 11) is 0. The van der Waals surface area contributed by atoms with E-state index in [1.54, 1.807) is 0 Å². The number of hydrogen-bond donors (Lipinski definition) is 0. The summed E-state index contributed by atoms with van der Waals surface area (Å²) in [4.78, 5) is 3.92. The van der Waals surface area contributed by atoms with Crippen LogP contribution in [0.2, 0.25) is 0 Å². The fourth-order valence-electron chi connectivity index (χ4n) is 9.81. The van der Waals surface area contributed by atoms with Crippen molar-refractivity contribution in [3.05, 3.63) is 223 Å². The number of anilines is 3. The van der Waals surface area contributed by atoms with Crippen molar-refractivity contribution < 1.29 is 0 Å². The molecule has 0 spiro atoms. The Kier molecular flexibility index (Phi) is 8.53. The molecule has 0 unspecified atom stereocenters. The summed E-state index contributed by atoms with van der Waals surface area (Å²) in [5.74, 6) is 0. The van der Waals surface area contributed by atoms with Gasteiger partial charge in [0.25, 0.3) is 0 Å². The predicted octanol–water partition coefficient (Wildman–Crippen LogP) is 16.6. The number of rotatable bonds is 7. The Morgan fingerprint density at radius 3 is 1.98 bits per heavy atom. The Morgan fingerprint density at radius 1 is 0.459 bits per heavy atom. The van der Waals surface area contributed by atoms with Gasteiger partial charge in [0.15, 0.2) is 0 Å².